The molecular weight excluding hydrogens is 208 g/mol. The fourth-order valence-corrected chi connectivity index (χ4v) is 1.27. The Balaban J connectivity index is 2.43. The molecule has 0 aliphatic carbocycles. The summed E-state index contributed by atoms with van der Waals surface area (Å²) in [6.45, 7) is 1.96. The highest BCUT2D eigenvalue weighted by Crippen LogP contribution is 2.10. The number of aromatic hydroxyl groups is 1. The van der Waals surface area contributed by atoms with Gasteiger partial charge in [-0.2, -0.15) is 0 Å². The van der Waals surface area contributed by atoms with E-state index in [0.29, 0.717) is 12.0 Å². The molecule has 0 fully saturated rings. The van der Waals surface area contributed by atoms with E-state index >= 15 is 0 Å². The molecule has 88 valence electrons. The van der Waals surface area contributed by atoms with Gasteiger partial charge in [0.15, 0.2) is 0 Å². The molecule has 0 bridgehead atoms. The van der Waals surface area contributed by atoms with Gasteiger partial charge in [0.2, 0.25) is 0 Å². The standard InChI is InChI=1S/C12H16O4/c1-2-3-11(14)8-16-12(15)9-4-6-10(13)7-5-9/h4-7,11,13-14H,2-3,8H2,1H3. The number of esters is 1. The van der Waals surface area contributed by atoms with E-state index in [1.807, 2.05) is 6.92 Å². The number of carbonyl (C=O) groups excluding carboxylic acids is 1. The van der Waals surface area contributed by atoms with Crippen LogP contribution in [0.4, 0.5) is 0 Å². The van der Waals surface area contributed by atoms with Gasteiger partial charge < -0.3 is 14.9 Å². The second-order valence-electron chi connectivity index (χ2n) is 3.59. The number of phenolic OH excluding ortho intramolecular Hbond substituents is 1. The summed E-state index contributed by atoms with van der Waals surface area (Å²) in [5.74, 6) is -0.391. The van der Waals surface area contributed by atoms with Crippen LogP contribution < -0.4 is 0 Å². The van der Waals surface area contributed by atoms with Crippen molar-refractivity contribution in [1.82, 2.24) is 0 Å². The summed E-state index contributed by atoms with van der Waals surface area (Å²) in [6, 6.07) is 5.78. The lowest BCUT2D eigenvalue weighted by atomic mass is 10.2. The molecule has 2 N–H and O–H groups in total. The molecule has 1 aromatic rings. The van der Waals surface area contributed by atoms with Crippen LogP contribution in [0.1, 0.15) is 30.1 Å². The molecule has 16 heavy (non-hydrogen) atoms. The quantitative estimate of drug-likeness (QED) is 0.747. The monoisotopic (exact) mass is 224 g/mol. The molecule has 0 spiro atoms. The largest absolute Gasteiger partial charge is 0.508 e. The van der Waals surface area contributed by atoms with E-state index in [2.05, 4.69) is 0 Å². The van der Waals surface area contributed by atoms with Crippen LogP contribution in [0.15, 0.2) is 24.3 Å². The molecule has 0 heterocycles. The minimum absolute atomic E-state index is 0.00749. The Morgan fingerprint density at radius 3 is 2.56 bits per heavy atom. The molecule has 0 aromatic heterocycles. The van der Waals surface area contributed by atoms with E-state index < -0.39 is 12.1 Å². The molecule has 0 saturated heterocycles. The van der Waals surface area contributed by atoms with Crippen molar-refractivity contribution in [2.75, 3.05) is 6.61 Å². The summed E-state index contributed by atoms with van der Waals surface area (Å²) in [5, 5.41) is 18.4. The highest BCUT2D eigenvalue weighted by molar-refractivity contribution is 5.89. The van der Waals surface area contributed by atoms with Gasteiger partial charge in [0.1, 0.15) is 12.4 Å². The van der Waals surface area contributed by atoms with Crippen molar-refractivity contribution >= 4 is 5.97 Å². The average molecular weight is 224 g/mol. The third-order valence-electron chi connectivity index (χ3n) is 2.13. The number of carbonyl (C=O) groups is 1. The fourth-order valence-electron chi connectivity index (χ4n) is 1.27. The molecule has 0 aliphatic rings. The smallest absolute Gasteiger partial charge is 0.338 e. The van der Waals surface area contributed by atoms with Crippen LogP contribution in [0.25, 0.3) is 0 Å². The van der Waals surface area contributed by atoms with Crippen molar-refractivity contribution in [3.63, 3.8) is 0 Å². The first-order chi connectivity index (χ1) is 7.63. The number of aliphatic hydroxyl groups excluding tert-OH is 1. The van der Waals surface area contributed by atoms with Crippen molar-refractivity contribution in [2.24, 2.45) is 0 Å². The molecule has 0 aliphatic heterocycles. The van der Waals surface area contributed by atoms with Crippen LogP contribution in [0.3, 0.4) is 0 Å². The second kappa shape index (κ2) is 6.12. The van der Waals surface area contributed by atoms with E-state index in [9.17, 15) is 9.90 Å². The predicted octanol–water partition coefficient (Wildman–Crippen LogP) is 1.71. The van der Waals surface area contributed by atoms with Gasteiger partial charge in [-0.05, 0) is 30.7 Å². The van der Waals surface area contributed by atoms with Gasteiger partial charge >= 0.3 is 5.97 Å². The van der Waals surface area contributed by atoms with Crippen molar-refractivity contribution in [2.45, 2.75) is 25.9 Å². The third-order valence-corrected chi connectivity index (χ3v) is 2.13. The Morgan fingerprint density at radius 1 is 1.38 bits per heavy atom. The summed E-state index contributed by atoms with van der Waals surface area (Å²) in [4.78, 5) is 11.4. The Bertz CT molecular complexity index is 331. The molecule has 0 saturated carbocycles. The number of benzene rings is 1. The predicted molar refractivity (Wildman–Crippen MR) is 59.3 cm³/mol. The summed E-state index contributed by atoms with van der Waals surface area (Å²) in [5.41, 5.74) is 0.362. The third kappa shape index (κ3) is 3.90. The lowest BCUT2D eigenvalue weighted by Crippen LogP contribution is -2.18. The van der Waals surface area contributed by atoms with E-state index in [1.54, 1.807) is 0 Å². The molecule has 4 nitrogen and oxygen atoms in total. The molecule has 1 rings (SSSR count). The molecule has 1 aromatic carbocycles. The van der Waals surface area contributed by atoms with Crippen LogP contribution in [0.5, 0.6) is 5.75 Å². The highest BCUT2D eigenvalue weighted by atomic mass is 16.5. The number of rotatable bonds is 5. The minimum Gasteiger partial charge on any atom is -0.508 e. The van der Waals surface area contributed by atoms with Crippen molar-refractivity contribution in [3.8, 4) is 5.75 Å². The van der Waals surface area contributed by atoms with Crippen LogP contribution in [-0.4, -0.2) is 28.9 Å². The molecule has 1 unspecified atom stereocenters. The van der Waals surface area contributed by atoms with E-state index in [1.165, 1.54) is 24.3 Å². The molecule has 0 radical (unpaired) electrons. The van der Waals surface area contributed by atoms with Gasteiger partial charge in [0, 0.05) is 0 Å². The summed E-state index contributed by atoms with van der Waals surface area (Å²) >= 11 is 0. The van der Waals surface area contributed by atoms with Crippen LogP contribution >= 0.6 is 0 Å². The molecule has 0 amide bonds. The fraction of sp³-hybridized carbons (Fsp3) is 0.417. The first-order valence-electron chi connectivity index (χ1n) is 5.27. The zero-order chi connectivity index (χ0) is 12.0. The van der Waals surface area contributed by atoms with Gasteiger partial charge in [-0.3, -0.25) is 0 Å². The van der Waals surface area contributed by atoms with Crippen molar-refractivity contribution < 1.29 is 19.7 Å². The van der Waals surface area contributed by atoms with Gasteiger partial charge in [-0.15, -0.1) is 0 Å². The summed E-state index contributed by atoms with van der Waals surface area (Å²) < 4.78 is 4.91. The lowest BCUT2D eigenvalue weighted by molar-refractivity contribution is 0.0237. The van der Waals surface area contributed by atoms with Crippen LogP contribution in [-0.2, 0) is 4.74 Å². The number of aliphatic hydroxyl groups is 1. The zero-order valence-corrected chi connectivity index (χ0v) is 9.22. The zero-order valence-electron chi connectivity index (χ0n) is 9.22. The topological polar surface area (TPSA) is 66.8 Å². The maximum absolute atomic E-state index is 11.4. The van der Waals surface area contributed by atoms with Crippen LogP contribution in [0.2, 0.25) is 0 Å². The Hall–Kier alpha value is -1.55. The Kier molecular flexibility index (Phi) is 4.79. The average Bonchev–Trinajstić information content (AvgIpc) is 2.27. The second-order valence-corrected chi connectivity index (χ2v) is 3.59. The van der Waals surface area contributed by atoms with E-state index in [0.717, 1.165) is 6.42 Å². The number of hydrogen-bond donors (Lipinski definition) is 2. The molecular formula is C12H16O4. The SMILES string of the molecule is CCCC(O)COC(=O)c1ccc(O)cc1. The normalized spacial score (nSPS) is 12.1. The first-order valence-corrected chi connectivity index (χ1v) is 5.27. The summed E-state index contributed by atoms with van der Waals surface area (Å²) in [7, 11) is 0. The number of hydrogen-bond acceptors (Lipinski definition) is 4. The maximum atomic E-state index is 11.4. The van der Waals surface area contributed by atoms with Crippen molar-refractivity contribution in [1.29, 1.82) is 0 Å². The lowest BCUT2D eigenvalue weighted by Gasteiger charge is -2.09. The molecule has 4 heteroatoms. The minimum atomic E-state index is -0.605. The highest BCUT2D eigenvalue weighted by Gasteiger charge is 2.10. The van der Waals surface area contributed by atoms with Gasteiger partial charge in [-0.1, -0.05) is 13.3 Å². The Labute approximate surface area is 94.5 Å². The molecule has 1 atom stereocenters. The maximum Gasteiger partial charge on any atom is 0.338 e. The first kappa shape index (κ1) is 12.5. The number of phenols is 1. The van der Waals surface area contributed by atoms with Crippen LogP contribution in [0, 0.1) is 0 Å². The van der Waals surface area contributed by atoms with Gasteiger partial charge in [-0.25, -0.2) is 4.79 Å². The Morgan fingerprint density at radius 2 is 2.00 bits per heavy atom. The van der Waals surface area contributed by atoms with E-state index in [-0.39, 0.29) is 12.4 Å². The van der Waals surface area contributed by atoms with Gasteiger partial charge in [0.05, 0.1) is 11.7 Å². The number of ether oxygens (including phenoxy) is 1. The van der Waals surface area contributed by atoms with Crippen molar-refractivity contribution in [3.05, 3.63) is 29.8 Å². The summed E-state index contributed by atoms with van der Waals surface area (Å²) in [6.07, 6.45) is 0.854. The van der Waals surface area contributed by atoms with E-state index in [4.69, 9.17) is 9.84 Å². The van der Waals surface area contributed by atoms with Gasteiger partial charge in [0.25, 0.3) is 0 Å².